The van der Waals surface area contributed by atoms with Gasteiger partial charge in [-0.1, -0.05) is 32.9 Å². The molecular formula is C21H19F3O4. The highest BCUT2D eigenvalue weighted by Gasteiger charge is 2.40. The standard InChI is InChI=1S/C21H19F3O4/c1-20(2,3)12-5-7-13(8-6-12)27-18-17(25)15-10-9-14(26-4)11-16(15)28-19(18)21(22,23)24/h5-11H,1-4H3. The zero-order valence-corrected chi connectivity index (χ0v) is 15.8. The van der Waals surface area contributed by atoms with E-state index in [-0.39, 0.29) is 27.9 Å². The maximum atomic E-state index is 13.5. The Morgan fingerprint density at radius 3 is 2.07 bits per heavy atom. The van der Waals surface area contributed by atoms with Crippen molar-refractivity contribution < 1.29 is 27.1 Å². The van der Waals surface area contributed by atoms with E-state index in [0.29, 0.717) is 0 Å². The van der Waals surface area contributed by atoms with Crippen molar-refractivity contribution in [3.05, 3.63) is 64.0 Å². The molecule has 0 aliphatic heterocycles. The van der Waals surface area contributed by atoms with Crippen LogP contribution in [0.1, 0.15) is 32.1 Å². The predicted octanol–water partition coefficient (Wildman–Crippen LogP) is 5.91. The second-order valence-electron chi connectivity index (χ2n) is 7.33. The molecule has 7 heteroatoms. The van der Waals surface area contributed by atoms with E-state index in [1.807, 2.05) is 20.8 Å². The van der Waals surface area contributed by atoms with Crippen LogP contribution >= 0.6 is 0 Å². The fourth-order valence-corrected chi connectivity index (χ4v) is 2.70. The van der Waals surface area contributed by atoms with Crippen molar-refractivity contribution in [1.29, 1.82) is 0 Å². The van der Waals surface area contributed by atoms with Crippen LogP contribution in [0.3, 0.4) is 0 Å². The number of ether oxygens (including phenoxy) is 2. The summed E-state index contributed by atoms with van der Waals surface area (Å²) in [5, 5.41) is -0.0323. The summed E-state index contributed by atoms with van der Waals surface area (Å²) in [4.78, 5) is 12.7. The van der Waals surface area contributed by atoms with Crippen LogP contribution in [0.25, 0.3) is 11.0 Å². The molecule has 0 spiro atoms. The molecule has 1 aromatic heterocycles. The minimum absolute atomic E-state index is 0.0323. The number of benzene rings is 2. The average molecular weight is 392 g/mol. The van der Waals surface area contributed by atoms with Gasteiger partial charge in [-0.3, -0.25) is 4.79 Å². The van der Waals surface area contributed by atoms with Gasteiger partial charge in [0.1, 0.15) is 17.1 Å². The van der Waals surface area contributed by atoms with Gasteiger partial charge in [-0.2, -0.15) is 13.2 Å². The molecular weight excluding hydrogens is 373 g/mol. The van der Waals surface area contributed by atoms with Crippen LogP contribution in [0, 0.1) is 0 Å². The van der Waals surface area contributed by atoms with Crippen molar-refractivity contribution in [3.63, 3.8) is 0 Å². The zero-order valence-electron chi connectivity index (χ0n) is 15.8. The molecule has 0 atom stereocenters. The number of methoxy groups -OCH3 is 1. The lowest BCUT2D eigenvalue weighted by molar-refractivity contribution is -0.154. The molecule has 0 aliphatic rings. The summed E-state index contributed by atoms with van der Waals surface area (Å²) >= 11 is 0. The Hall–Kier alpha value is -2.96. The van der Waals surface area contributed by atoms with Gasteiger partial charge in [-0.05, 0) is 35.2 Å². The van der Waals surface area contributed by atoms with Crippen LogP contribution in [-0.2, 0) is 11.6 Å². The number of alkyl halides is 3. The lowest BCUT2D eigenvalue weighted by Gasteiger charge is -2.19. The molecule has 2 aromatic carbocycles. The highest BCUT2D eigenvalue weighted by molar-refractivity contribution is 5.79. The van der Waals surface area contributed by atoms with Gasteiger partial charge in [-0.25, -0.2) is 0 Å². The molecule has 0 amide bonds. The first-order valence-electron chi connectivity index (χ1n) is 8.51. The van der Waals surface area contributed by atoms with Crippen LogP contribution in [-0.4, -0.2) is 7.11 Å². The summed E-state index contributed by atoms with van der Waals surface area (Å²) in [5.74, 6) is -2.00. The summed E-state index contributed by atoms with van der Waals surface area (Å²) in [6, 6.07) is 10.6. The Labute approximate surface area is 159 Å². The quantitative estimate of drug-likeness (QED) is 0.556. The Balaban J connectivity index is 2.13. The molecule has 0 radical (unpaired) electrons. The smallest absolute Gasteiger partial charge is 0.453 e. The van der Waals surface area contributed by atoms with Gasteiger partial charge in [0, 0.05) is 6.07 Å². The third-order valence-corrected chi connectivity index (χ3v) is 4.26. The highest BCUT2D eigenvalue weighted by atomic mass is 19.4. The zero-order chi connectivity index (χ0) is 20.7. The van der Waals surface area contributed by atoms with E-state index in [1.54, 1.807) is 12.1 Å². The van der Waals surface area contributed by atoms with Gasteiger partial charge in [-0.15, -0.1) is 0 Å². The molecule has 0 saturated heterocycles. The maximum absolute atomic E-state index is 13.5. The maximum Gasteiger partial charge on any atom is 0.453 e. The van der Waals surface area contributed by atoms with Gasteiger partial charge in [0.15, 0.2) is 0 Å². The Kier molecular flexibility index (Phi) is 4.87. The van der Waals surface area contributed by atoms with Gasteiger partial charge in [0.05, 0.1) is 12.5 Å². The third-order valence-electron chi connectivity index (χ3n) is 4.26. The molecule has 0 aliphatic carbocycles. The number of hydrogen-bond acceptors (Lipinski definition) is 4. The van der Waals surface area contributed by atoms with Gasteiger partial charge in [0.25, 0.3) is 5.76 Å². The van der Waals surface area contributed by atoms with Crippen molar-refractivity contribution in [3.8, 4) is 17.2 Å². The van der Waals surface area contributed by atoms with Crippen LogP contribution in [0.2, 0.25) is 0 Å². The van der Waals surface area contributed by atoms with Crippen LogP contribution < -0.4 is 14.9 Å². The summed E-state index contributed by atoms with van der Waals surface area (Å²) in [6.07, 6.45) is -4.91. The van der Waals surface area contributed by atoms with E-state index < -0.39 is 23.1 Å². The summed E-state index contributed by atoms with van der Waals surface area (Å²) < 4.78 is 55.9. The Morgan fingerprint density at radius 2 is 1.54 bits per heavy atom. The van der Waals surface area contributed by atoms with Crippen molar-refractivity contribution in [2.45, 2.75) is 32.4 Å². The lowest BCUT2D eigenvalue weighted by atomic mass is 9.87. The second-order valence-corrected chi connectivity index (χ2v) is 7.33. The van der Waals surface area contributed by atoms with Gasteiger partial charge in [0.2, 0.25) is 11.2 Å². The number of fused-ring (bicyclic) bond motifs is 1. The minimum Gasteiger partial charge on any atom is -0.497 e. The van der Waals surface area contributed by atoms with Crippen molar-refractivity contribution >= 4 is 11.0 Å². The van der Waals surface area contributed by atoms with Crippen LogP contribution in [0.5, 0.6) is 17.2 Å². The first-order chi connectivity index (χ1) is 13.0. The topological polar surface area (TPSA) is 48.7 Å². The first kappa shape index (κ1) is 19.8. The minimum atomic E-state index is -4.91. The fourth-order valence-electron chi connectivity index (χ4n) is 2.70. The van der Waals surface area contributed by atoms with Gasteiger partial charge >= 0.3 is 6.18 Å². The average Bonchev–Trinajstić information content (AvgIpc) is 2.62. The van der Waals surface area contributed by atoms with E-state index in [2.05, 4.69) is 0 Å². The SMILES string of the molecule is COc1ccc2c(=O)c(Oc3ccc(C(C)(C)C)cc3)c(C(F)(F)F)oc2c1. The number of hydrogen-bond donors (Lipinski definition) is 0. The van der Waals surface area contributed by atoms with E-state index >= 15 is 0 Å². The predicted molar refractivity (Wildman–Crippen MR) is 99.3 cm³/mol. The summed E-state index contributed by atoms with van der Waals surface area (Å²) in [7, 11) is 1.36. The molecule has 4 nitrogen and oxygen atoms in total. The van der Waals surface area contributed by atoms with E-state index in [1.165, 1.54) is 37.4 Å². The highest BCUT2D eigenvalue weighted by Crippen LogP contribution is 2.39. The molecule has 148 valence electrons. The van der Waals surface area contributed by atoms with Crippen molar-refractivity contribution in [2.75, 3.05) is 7.11 Å². The summed E-state index contributed by atoms with van der Waals surface area (Å²) in [5.41, 5.74) is -0.284. The third kappa shape index (κ3) is 3.83. The Bertz CT molecular complexity index is 1060. The van der Waals surface area contributed by atoms with Crippen LogP contribution in [0.4, 0.5) is 13.2 Å². The lowest BCUT2D eigenvalue weighted by Crippen LogP contribution is -2.15. The molecule has 0 saturated carbocycles. The Morgan fingerprint density at radius 1 is 0.929 bits per heavy atom. The fraction of sp³-hybridized carbons (Fsp3) is 0.286. The normalized spacial score (nSPS) is 12.2. The molecule has 28 heavy (non-hydrogen) atoms. The monoisotopic (exact) mass is 392 g/mol. The largest absolute Gasteiger partial charge is 0.497 e. The van der Waals surface area contributed by atoms with E-state index in [4.69, 9.17) is 13.9 Å². The second kappa shape index (κ2) is 6.89. The molecule has 0 unspecified atom stereocenters. The number of halogens is 3. The van der Waals surface area contributed by atoms with E-state index in [9.17, 15) is 18.0 Å². The molecule has 1 heterocycles. The molecule has 0 N–H and O–H groups in total. The van der Waals surface area contributed by atoms with E-state index in [0.717, 1.165) is 5.56 Å². The van der Waals surface area contributed by atoms with Crippen LogP contribution in [0.15, 0.2) is 51.7 Å². The first-order valence-corrected chi connectivity index (χ1v) is 8.51. The summed E-state index contributed by atoms with van der Waals surface area (Å²) in [6.45, 7) is 6.03. The number of rotatable bonds is 3. The van der Waals surface area contributed by atoms with Gasteiger partial charge < -0.3 is 13.9 Å². The van der Waals surface area contributed by atoms with Crippen molar-refractivity contribution in [1.82, 2.24) is 0 Å². The molecule has 0 bridgehead atoms. The molecule has 3 aromatic rings. The molecule has 0 fully saturated rings. The molecule has 3 rings (SSSR count). The van der Waals surface area contributed by atoms with Crippen molar-refractivity contribution in [2.24, 2.45) is 0 Å².